The number of carbonyl (C=O) groups excluding carboxylic acids is 1. The van der Waals surface area contributed by atoms with Crippen molar-refractivity contribution in [1.82, 2.24) is 0 Å². The zero-order chi connectivity index (χ0) is 23.8. The molecule has 1 aliphatic rings. The molecule has 4 nitrogen and oxygen atoms in total. The molecule has 0 aliphatic heterocycles. The Labute approximate surface area is 185 Å². The number of ether oxygens (including phenoxy) is 1. The lowest BCUT2D eigenvalue weighted by Crippen LogP contribution is -2.14. The van der Waals surface area contributed by atoms with Crippen LogP contribution in [0.15, 0.2) is 54.6 Å². The standard InChI is InChI=1S/C24H18F5NO3/c25-15-4-7-17(20(26)10-15)18-6-3-14(24(27,28)29)9-21(18)30-23(32)19-8-5-16(11-22(19)31)33-12-13-1-2-13/h3-11,13,31H,1-2,12H2,(H,30,32). The Balaban J connectivity index is 1.66. The van der Waals surface area contributed by atoms with Gasteiger partial charge in [0.1, 0.15) is 23.1 Å². The molecule has 4 rings (SSSR count). The molecule has 0 radical (unpaired) electrons. The lowest BCUT2D eigenvalue weighted by molar-refractivity contribution is -0.137. The van der Waals surface area contributed by atoms with Crippen molar-refractivity contribution in [2.24, 2.45) is 5.92 Å². The van der Waals surface area contributed by atoms with Crippen molar-refractivity contribution in [3.05, 3.63) is 77.4 Å². The second-order valence-electron chi connectivity index (χ2n) is 7.77. The van der Waals surface area contributed by atoms with Gasteiger partial charge in [-0.2, -0.15) is 13.2 Å². The van der Waals surface area contributed by atoms with Crippen LogP contribution in [0, 0.1) is 17.6 Å². The first-order valence-electron chi connectivity index (χ1n) is 10.1. The van der Waals surface area contributed by atoms with Gasteiger partial charge in [0.15, 0.2) is 0 Å². The largest absolute Gasteiger partial charge is 0.507 e. The molecule has 3 aromatic carbocycles. The van der Waals surface area contributed by atoms with E-state index in [4.69, 9.17) is 4.74 Å². The van der Waals surface area contributed by atoms with Gasteiger partial charge in [0.25, 0.3) is 5.91 Å². The Bertz CT molecular complexity index is 1210. The summed E-state index contributed by atoms with van der Waals surface area (Å²) in [5.74, 6) is -2.38. The van der Waals surface area contributed by atoms with E-state index in [0.29, 0.717) is 30.4 Å². The minimum atomic E-state index is -4.72. The molecule has 0 aromatic heterocycles. The first-order valence-corrected chi connectivity index (χ1v) is 10.1. The lowest BCUT2D eigenvalue weighted by atomic mass is 10.00. The smallest absolute Gasteiger partial charge is 0.416 e. The molecule has 0 saturated heterocycles. The van der Waals surface area contributed by atoms with Crippen molar-refractivity contribution in [2.75, 3.05) is 11.9 Å². The zero-order valence-corrected chi connectivity index (χ0v) is 17.0. The van der Waals surface area contributed by atoms with E-state index in [1.165, 1.54) is 18.2 Å². The highest BCUT2D eigenvalue weighted by Crippen LogP contribution is 2.37. The molecule has 1 amide bonds. The van der Waals surface area contributed by atoms with E-state index in [0.717, 1.165) is 37.1 Å². The maximum atomic E-state index is 14.3. The summed E-state index contributed by atoms with van der Waals surface area (Å²) in [6.07, 6.45) is -2.58. The van der Waals surface area contributed by atoms with Crippen molar-refractivity contribution in [1.29, 1.82) is 0 Å². The molecule has 2 N–H and O–H groups in total. The second-order valence-corrected chi connectivity index (χ2v) is 7.77. The summed E-state index contributed by atoms with van der Waals surface area (Å²) in [4.78, 5) is 12.8. The van der Waals surface area contributed by atoms with Gasteiger partial charge in [-0.15, -0.1) is 0 Å². The van der Waals surface area contributed by atoms with Crippen LogP contribution >= 0.6 is 0 Å². The molecule has 33 heavy (non-hydrogen) atoms. The first-order chi connectivity index (χ1) is 15.6. The van der Waals surface area contributed by atoms with E-state index in [1.54, 1.807) is 0 Å². The molecule has 0 spiro atoms. The van der Waals surface area contributed by atoms with Crippen LogP contribution in [0.4, 0.5) is 27.6 Å². The molecule has 0 bridgehead atoms. The number of alkyl halides is 3. The molecule has 1 aliphatic carbocycles. The highest BCUT2D eigenvalue weighted by atomic mass is 19.4. The number of halogens is 5. The average Bonchev–Trinajstić information content (AvgIpc) is 3.56. The highest BCUT2D eigenvalue weighted by molar-refractivity contribution is 6.08. The summed E-state index contributed by atoms with van der Waals surface area (Å²) in [6, 6.07) is 8.96. The quantitative estimate of drug-likeness (QED) is 0.416. The van der Waals surface area contributed by atoms with Crippen LogP contribution in [0.1, 0.15) is 28.8 Å². The molecular weight excluding hydrogens is 445 g/mol. The topological polar surface area (TPSA) is 58.6 Å². The normalized spacial score (nSPS) is 13.6. The minimum Gasteiger partial charge on any atom is -0.507 e. The summed E-state index contributed by atoms with van der Waals surface area (Å²) in [5.41, 5.74) is -1.92. The van der Waals surface area contributed by atoms with Crippen LogP contribution in [-0.2, 0) is 6.18 Å². The van der Waals surface area contributed by atoms with E-state index in [-0.39, 0.29) is 22.4 Å². The second kappa shape index (κ2) is 8.73. The van der Waals surface area contributed by atoms with Crippen LogP contribution in [0.3, 0.4) is 0 Å². The SMILES string of the molecule is O=C(Nc1cc(C(F)(F)F)ccc1-c1ccc(F)cc1F)c1ccc(OCC2CC2)cc1O. The van der Waals surface area contributed by atoms with E-state index in [2.05, 4.69) is 5.32 Å². The van der Waals surface area contributed by atoms with Crippen LogP contribution in [-0.4, -0.2) is 17.6 Å². The van der Waals surface area contributed by atoms with Gasteiger partial charge in [-0.1, -0.05) is 6.07 Å². The van der Waals surface area contributed by atoms with Gasteiger partial charge in [-0.3, -0.25) is 4.79 Å². The molecule has 172 valence electrons. The number of aromatic hydroxyl groups is 1. The summed E-state index contributed by atoms with van der Waals surface area (Å²) < 4.78 is 72.9. The molecule has 0 heterocycles. The maximum Gasteiger partial charge on any atom is 0.416 e. The fraction of sp³-hybridized carbons (Fsp3) is 0.208. The highest BCUT2D eigenvalue weighted by Gasteiger charge is 2.32. The Morgan fingerprint density at radius 1 is 1.00 bits per heavy atom. The van der Waals surface area contributed by atoms with Crippen LogP contribution in [0.25, 0.3) is 11.1 Å². The van der Waals surface area contributed by atoms with Crippen LogP contribution in [0.2, 0.25) is 0 Å². The molecule has 1 saturated carbocycles. The number of rotatable bonds is 6. The minimum absolute atomic E-state index is 0.0854. The average molecular weight is 463 g/mol. The predicted molar refractivity (Wildman–Crippen MR) is 111 cm³/mol. The number of phenolic OH excluding ortho intramolecular Hbond substituents is 1. The van der Waals surface area contributed by atoms with Gasteiger partial charge in [0.05, 0.1) is 17.7 Å². The number of anilines is 1. The number of amides is 1. The van der Waals surface area contributed by atoms with E-state index in [1.807, 2.05) is 0 Å². The molecule has 3 aromatic rings. The van der Waals surface area contributed by atoms with Crippen molar-refractivity contribution in [2.45, 2.75) is 19.0 Å². The third-order valence-corrected chi connectivity index (χ3v) is 5.21. The molecular formula is C24H18F5NO3. The van der Waals surface area contributed by atoms with Gasteiger partial charge in [0.2, 0.25) is 0 Å². The summed E-state index contributed by atoms with van der Waals surface area (Å²) in [5, 5.41) is 12.5. The van der Waals surface area contributed by atoms with Gasteiger partial charge in [0, 0.05) is 28.9 Å². The van der Waals surface area contributed by atoms with E-state index < -0.39 is 35.0 Å². The molecule has 9 heteroatoms. The number of hydrogen-bond acceptors (Lipinski definition) is 3. The maximum absolute atomic E-state index is 14.3. The number of carbonyl (C=O) groups is 1. The zero-order valence-electron chi connectivity index (χ0n) is 17.0. The third-order valence-electron chi connectivity index (χ3n) is 5.21. The van der Waals surface area contributed by atoms with E-state index >= 15 is 0 Å². The Morgan fingerprint density at radius 3 is 2.36 bits per heavy atom. The van der Waals surface area contributed by atoms with Crippen LogP contribution in [0.5, 0.6) is 11.5 Å². The monoisotopic (exact) mass is 463 g/mol. The van der Waals surface area contributed by atoms with Crippen molar-refractivity contribution in [3.8, 4) is 22.6 Å². The van der Waals surface area contributed by atoms with E-state index in [9.17, 15) is 31.9 Å². The van der Waals surface area contributed by atoms with Gasteiger partial charge in [-0.25, -0.2) is 8.78 Å². The van der Waals surface area contributed by atoms with Gasteiger partial charge < -0.3 is 15.2 Å². The van der Waals surface area contributed by atoms with Gasteiger partial charge >= 0.3 is 6.18 Å². The Morgan fingerprint density at radius 2 is 1.73 bits per heavy atom. The number of nitrogens with one attached hydrogen (secondary N) is 1. The fourth-order valence-corrected chi connectivity index (χ4v) is 3.25. The Hall–Kier alpha value is -3.62. The molecule has 1 fully saturated rings. The molecule has 0 atom stereocenters. The summed E-state index contributed by atoms with van der Waals surface area (Å²) in [6.45, 7) is 0.488. The predicted octanol–water partition coefficient (Wildman–Crippen LogP) is 6.40. The lowest BCUT2D eigenvalue weighted by Gasteiger charge is -2.16. The Kier molecular flexibility index (Phi) is 5.97. The first kappa shape index (κ1) is 22.6. The number of benzene rings is 3. The van der Waals surface area contributed by atoms with Crippen molar-refractivity contribution in [3.63, 3.8) is 0 Å². The van der Waals surface area contributed by atoms with Gasteiger partial charge in [-0.05, 0) is 55.2 Å². The summed E-state index contributed by atoms with van der Waals surface area (Å²) in [7, 11) is 0. The summed E-state index contributed by atoms with van der Waals surface area (Å²) >= 11 is 0. The molecule has 0 unspecified atom stereocenters. The number of hydrogen-bond donors (Lipinski definition) is 2. The van der Waals surface area contributed by atoms with Crippen LogP contribution < -0.4 is 10.1 Å². The van der Waals surface area contributed by atoms with Crippen molar-refractivity contribution < 1.29 is 36.6 Å². The third kappa shape index (κ3) is 5.24. The number of phenols is 1. The van der Waals surface area contributed by atoms with Crippen molar-refractivity contribution >= 4 is 11.6 Å². The fourth-order valence-electron chi connectivity index (χ4n) is 3.25.